The number of aryl methyl sites for hydroxylation is 1. The third-order valence-corrected chi connectivity index (χ3v) is 4.00. The average molecular weight is 342 g/mol. The van der Waals surface area contributed by atoms with E-state index in [9.17, 15) is 14.0 Å². The molecule has 0 saturated carbocycles. The zero-order valence-corrected chi connectivity index (χ0v) is 14.8. The Bertz CT molecular complexity index is 744. The predicted molar refractivity (Wildman–Crippen MR) is 98.3 cm³/mol. The van der Waals surface area contributed by atoms with Crippen LogP contribution in [-0.2, 0) is 9.59 Å². The lowest BCUT2D eigenvalue weighted by Crippen LogP contribution is -2.36. The Morgan fingerprint density at radius 2 is 1.68 bits per heavy atom. The Hall–Kier alpha value is -2.69. The highest BCUT2D eigenvalue weighted by Crippen LogP contribution is 2.19. The zero-order valence-electron chi connectivity index (χ0n) is 14.8. The summed E-state index contributed by atoms with van der Waals surface area (Å²) in [4.78, 5) is 27.7. The monoisotopic (exact) mass is 342 g/mol. The molecule has 132 valence electrons. The van der Waals surface area contributed by atoms with Crippen molar-refractivity contribution in [3.63, 3.8) is 0 Å². The van der Waals surface area contributed by atoms with Crippen LogP contribution in [0.5, 0.6) is 0 Å². The van der Waals surface area contributed by atoms with Crippen molar-refractivity contribution in [1.82, 2.24) is 0 Å². The maximum absolute atomic E-state index is 13.1. The van der Waals surface area contributed by atoms with Crippen LogP contribution in [0.1, 0.15) is 25.8 Å². The van der Waals surface area contributed by atoms with Crippen LogP contribution in [0, 0.1) is 12.7 Å². The first-order valence-electron chi connectivity index (χ1n) is 8.33. The molecule has 25 heavy (non-hydrogen) atoms. The number of rotatable bonds is 6. The van der Waals surface area contributed by atoms with Gasteiger partial charge in [0.05, 0.1) is 0 Å². The number of hydrogen-bond acceptors (Lipinski definition) is 2. The topological polar surface area (TPSA) is 40.6 Å². The van der Waals surface area contributed by atoms with Crippen molar-refractivity contribution < 1.29 is 14.0 Å². The van der Waals surface area contributed by atoms with E-state index in [2.05, 4.69) is 0 Å². The molecule has 0 fully saturated rings. The molecule has 0 radical (unpaired) electrons. The number of nitrogens with zero attached hydrogens (tertiary/aromatic N) is 2. The van der Waals surface area contributed by atoms with Gasteiger partial charge < -0.3 is 9.80 Å². The van der Waals surface area contributed by atoms with Crippen LogP contribution in [0.3, 0.4) is 0 Å². The third-order valence-electron chi connectivity index (χ3n) is 4.00. The van der Waals surface area contributed by atoms with Gasteiger partial charge in [0.25, 0.3) is 0 Å². The molecular weight excluding hydrogens is 319 g/mol. The summed E-state index contributed by atoms with van der Waals surface area (Å²) in [6, 6.07) is 13.4. The molecule has 0 unspecified atom stereocenters. The molecule has 2 rings (SSSR count). The summed E-state index contributed by atoms with van der Waals surface area (Å²) in [5.41, 5.74) is 2.52. The number of amides is 2. The summed E-state index contributed by atoms with van der Waals surface area (Å²) in [7, 11) is 0. The molecule has 0 spiro atoms. The van der Waals surface area contributed by atoms with Gasteiger partial charge in [0.1, 0.15) is 5.82 Å². The second-order valence-corrected chi connectivity index (χ2v) is 5.87. The van der Waals surface area contributed by atoms with Crippen LogP contribution in [0.25, 0.3) is 0 Å². The molecule has 0 aliphatic carbocycles. The average Bonchev–Trinajstić information content (AvgIpc) is 2.57. The van der Waals surface area contributed by atoms with Gasteiger partial charge in [-0.2, -0.15) is 0 Å². The van der Waals surface area contributed by atoms with Crippen molar-refractivity contribution in [1.29, 1.82) is 0 Å². The van der Waals surface area contributed by atoms with Crippen molar-refractivity contribution in [3.8, 4) is 0 Å². The maximum atomic E-state index is 13.1. The fourth-order valence-corrected chi connectivity index (χ4v) is 2.73. The summed E-state index contributed by atoms with van der Waals surface area (Å²) in [6.45, 7) is 6.14. The van der Waals surface area contributed by atoms with Crippen molar-refractivity contribution in [3.05, 3.63) is 59.9 Å². The van der Waals surface area contributed by atoms with Crippen LogP contribution in [0.15, 0.2) is 48.5 Å². The molecule has 2 amide bonds. The first-order chi connectivity index (χ1) is 11.9. The van der Waals surface area contributed by atoms with E-state index in [1.54, 1.807) is 17.0 Å². The molecule has 0 aliphatic rings. The Morgan fingerprint density at radius 3 is 2.24 bits per heavy atom. The highest BCUT2D eigenvalue weighted by molar-refractivity contribution is 5.96. The minimum atomic E-state index is -0.361. The molecule has 5 heteroatoms. The van der Waals surface area contributed by atoms with Crippen molar-refractivity contribution in [2.24, 2.45) is 0 Å². The molecule has 0 aliphatic heterocycles. The quantitative estimate of drug-likeness (QED) is 0.798. The van der Waals surface area contributed by atoms with Gasteiger partial charge in [-0.05, 0) is 55.8 Å². The van der Waals surface area contributed by atoms with Gasteiger partial charge in [0, 0.05) is 37.8 Å². The highest BCUT2D eigenvalue weighted by Gasteiger charge is 2.18. The number of benzene rings is 2. The SMILES string of the molecule is CCN(C(=O)CCN(C(C)=O)c1ccc(F)cc1)c1cccc(C)c1. The second kappa shape index (κ2) is 8.42. The largest absolute Gasteiger partial charge is 0.313 e. The van der Waals surface area contributed by atoms with Crippen LogP contribution in [0.2, 0.25) is 0 Å². The number of anilines is 2. The molecule has 0 N–H and O–H groups in total. The molecule has 0 saturated heterocycles. The minimum Gasteiger partial charge on any atom is -0.313 e. The van der Waals surface area contributed by atoms with Gasteiger partial charge in [0.15, 0.2) is 0 Å². The van der Waals surface area contributed by atoms with E-state index in [1.165, 1.54) is 24.0 Å². The summed E-state index contributed by atoms with van der Waals surface area (Å²) in [6.07, 6.45) is 0.193. The molecule has 2 aromatic rings. The van der Waals surface area contributed by atoms with E-state index in [-0.39, 0.29) is 30.6 Å². The van der Waals surface area contributed by atoms with E-state index in [0.29, 0.717) is 12.2 Å². The Balaban J connectivity index is 2.09. The molecule has 0 heterocycles. The minimum absolute atomic E-state index is 0.0542. The van der Waals surface area contributed by atoms with Gasteiger partial charge in [-0.25, -0.2) is 4.39 Å². The molecule has 0 bridgehead atoms. The molecule has 2 aromatic carbocycles. The smallest absolute Gasteiger partial charge is 0.228 e. The molecular formula is C20H23FN2O2. The lowest BCUT2D eigenvalue weighted by Gasteiger charge is -2.25. The van der Waals surface area contributed by atoms with Gasteiger partial charge in [-0.15, -0.1) is 0 Å². The molecule has 0 aromatic heterocycles. The fraction of sp³-hybridized carbons (Fsp3) is 0.300. The number of hydrogen-bond donors (Lipinski definition) is 0. The van der Waals surface area contributed by atoms with Crippen molar-refractivity contribution in [2.45, 2.75) is 27.2 Å². The third kappa shape index (κ3) is 4.89. The fourth-order valence-electron chi connectivity index (χ4n) is 2.73. The van der Waals surface area contributed by atoms with Crippen LogP contribution in [-0.4, -0.2) is 24.9 Å². The highest BCUT2D eigenvalue weighted by atomic mass is 19.1. The Kier molecular flexibility index (Phi) is 6.28. The second-order valence-electron chi connectivity index (χ2n) is 5.87. The van der Waals surface area contributed by atoms with Crippen LogP contribution in [0.4, 0.5) is 15.8 Å². The normalized spacial score (nSPS) is 10.4. The lowest BCUT2D eigenvalue weighted by atomic mass is 10.2. The molecule has 0 atom stereocenters. The number of carbonyl (C=O) groups excluding carboxylic acids is 2. The summed E-state index contributed by atoms with van der Waals surface area (Å²) < 4.78 is 13.1. The van der Waals surface area contributed by atoms with E-state index in [0.717, 1.165) is 11.3 Å². The van der Waals surface area contributed by atoms with Gasteiger partial charge in [-0.3, -0.25) is 9.59 Å². The van der Waals surface area contributed by atoms with Crippen LogP contribution >= 0.6 is 0 Å². The van der Waals surface area contributed by atoms with Gasteiger partial charge >= 0.3 is 0 Å². The van der Waals surface area contributed by atoms with Gasteiger partial charge in [-0.1, -0.05) is 12.1 Å². The van der Waals surface area contributed by atoms with E-state index in [1.807, 2.05) is 38.1 Å². The summed E-state index contributed by atoms with van der Waals surface area (Å²) in [5.74, 6) is -0.598. The van der Waals surface area contributed by atoms with Crippen molar-refractivity contribution >= 4 is 23.2 Å². The van der Waals surface area contributed by atoms with E-state index in [4.69, 9.17) is 0 Å². The van der Waals surface area contributed by atoms with E-state index < -0.39 is 0 Å². The number of carbonyl (C=O) groups is 2. The van der Waals surface area contributed by atoms with Crippen LogP contribution < -0.4 is 9.80 Å². The summed E-state index contributed by atoms with van der Waals surface area (Å²) >= 11 is 0. The van der Waals surface area contributed by atoms with E-state index >= 15 is 0 Å². The zero-order chi connectivity index (χ0) is 18.4. The number of halogens is 1. The summed E-state index contributed by atoms with van der Waals surface area (Å²) in [5, 5.41) is 0. The Morgan fingerprint density at radius 1 is 1.00 bits per heavy atom. The first-order valence-corrected chi connectivity index (χ1v) is 8.33. The van der Waals surface area contributed by atoms with Crippen molar-refractivity contribution in [2.75, 3.05) is 22.9 Å². The maximum Gasteiger partial charge on any atom is 0.228 e. The predicted octanol–water partition coefficient (Wildman–Crippen LogP) is 3.93. The molecule has 4 nitrogen and oxygen atoms in total. The first kappa shape index (κ1) is 18.6. The standard InChI is InChI=1S/C20H23FN2O2/c1-4-22(19-7-5-6-15(2)14-19)20(25)12-13-23(16(3)24)18-10-8-17(21)9-11-18/h5-11,14H,4,12-13H2,1-3H3. The lowest BCUT2D eigenvalue weighted by molar-refractivity contribution is -0.118. The Labute approximate surface area is 147 Å². The van der Waals surface area contributed by atoms with Gasteiger partial charge in [0.2, 0.25) is 11.8 Å².